The first-order chi connectivity index (χ1) is 11.0. The molecule has 0 aliphatic carbocycles. The third-order valence-electron chi connectivity index (χ3n) is 3.13. The van der Waals surface area contributed by atoms with Gasteiger partial charge in [0.2, 0.25) is 5.91 Å². The third-order valence-corrected chi connectivity index (χ3v) is 3.54. The highest BCUT2D eigenvalue weighted by atomic mass is 127. The van der Waals surface area contributed by atoms with Gasteiger partial charge in [-0.2, -0.15) is 0 Å². The number of amides is 1. The summed E-state index contributed by atoms with van der Waals surface area (Å²) in [5, 5.41) is 6.38. The summed E-state index contributed by atoms with van der Waals surface area (Å²) in [6.07, 6.45) is 1.12. The van der Waals surface area contributed by atoms with E-state index in [-0.39, 0.29) is 29.9 Å². The van der Waals surface area contributed by atoms with E-state index in [1.807, 2.05) is 19.9 Å². The predicted octanol–water partition coefficient (Wildman–Crippen LogP) is 2.93. The van der Waals surface area contributed by atoms with Crippen LogP contribution in [0.4, 0.5) is 5.69 Å². The van der Waals surface area contributed by atoms with Crippen molar-refractivity contribution in [2.24, 2.45) is 10.7 Å². The van der Waals surface area contributed by atoms with Crippen molar-refractivity contribution < 1.29 is 9.53 Å². The summed E-state index contributed by atoms with van der Waals surface area (Å²) in [7, 11) is 0. The monoisotopic (exact) mass is 468 g/mol. The molecule has 1 aromatic rings. The minimum Gasteiger partial charge on any atom is -0.382 e. The van der Waals surface area contributed by atoms with Gasteiger partial charge in [-0.05, 0) is 38.0 Å². The molecule has 0 aromatic heterocycles. The number of guanidine groups is 1. The molecule has 8 heteroatoms. The van der Waals surface area contributed by atoms with Crippen LogP contribution in [0, 0.1) is 6.92 Å². The second-order valence-electron chi connectivity index (χ2n) is 4.95. The van der Waals surface area contributed by atoms with Crippen LogP contribution in [0.5, 0.6) is 0 Å². The van der Waals surface area contributed by atoms with Crippen LogP contribution in [0.15, 0.2) is 23.2 Å². The smallest absolute Gasteiger partial charge is 0.226 e. The standard InChI is InChI=1S/C16H25ClN4O2.HI/c1-3-23-11-5-9-19-16(18)20-10-8-15(22)21-14-7-4-6-13(17)12(14)2;/h4,6-7H,3,5,8-11H2,1-2H3,(H,21,22)(H3,18,19,20);1H. The van der Waals surface area contributed by atoms with Gasteiger partial charge in [0.15, 0.2) is 5.96 Å². The lowest BCUT2D eigenvalue weighted by Crippen LogP contribution is -2.34. The van der Waals surface area contributed by atoms with Crippen LogP contribution in [0.3, 0.4) is 0 Å². The van der Waals surface area contributed by atoms with Crippen LogP contribution in [0.1, 0.15) is 25.3 Å². The van der Waals surface area contributed by atoms with E-state index in [1.165, 1.54) is 0 Å². The normalized spacial score (nSPS) is 10.9. The molecule has 0 bridgehead atoms. The van der Waals surface area contributed by atoms with Crippen molar-refractivity contribution in [2.45, 2.75) is 26.7 Å². The Morgan fingerprint density at radius 3 is 2.88 bits per heavy atom. The molecule has 6 nitrogen and oxygen atoms in total. The molecule has 1 amide bonds. The van der Waals surface area contributed by atoms with Crippen molar-refractivity contribution in [2.75, 3.05) is 31.6 Å². The Kier molecular flexibility index (Phi) is 12.7. The topological polar surface area (TPSA) is 88.7 Å². The van der Waals surface area contributed by atoms with Crippen molar-refractivity contribution in [3.8, 4) is 0 Å². The lowest BCUT2D eigenvalue weighted by atomic mass is 10.2. The number of carbonyl (C=O) groups is 1. The first-order valence-electron chi connectivity index (χ1n) is 7.71. The molecule has 24 heavy (non-hydrogen) atoms. The van der Waals surface area contributed by atoms with Gasteiger partial charge in [0, 0.05) is 43.4 Å². The minimum absolute atomic E-state index is 0. The highest BCUT2D eigenvalue weighted by Crippen LogP contribution is 2.22. The number of hydrogen-bond acceptors (Lipinski definition) is 3. The molecule has 0 radical (unpaired) electrons. The maximum atomic E-state index is 11.9. The fraction of sp³-hybridized carbons (Fsp3) is 0.500. The molecule has 0 saturated heterocycles. The summed E-state index contributed by atoms with van der Waals surface area (Å²) < 4.78 is 5.21. The molecule has 0 saturated carbocycles. The fourth-order valence-corrected chi connectivity index (χ4v) is 2.00. The van der Waals surface area contributed by atoms with E-state index >= 15 is 0 Å². The van der Waals surface area contributed by atoms with Crippen molar-refractivity contribution >= 4 is 53.1 Å². The molecular weight excluding hydrogens is 443 g/mol. The van der Waals surface area contributed by atoms with E-state index in [2.05, 4.69) is 15.6 Å². The first-order valence-corrected chi connectivity index (χ1v) is 8.09. The van der Waals surface area contributed by atoms with Gasteiger partial charge < -0.3 is 21.1 Å². The van der Waals surface area contributed by atoms with Gasteiger partial charge in [0.1, 0.15) is 0 Å². The lowest BCUT2D eigenvalue weighted by molar-refractivity contribution is -0.116. The SMILES string of the molecule is CCOCCCN=C(N)NCCC(=O)Nc1cccc(Cl)c1C.I. The summed E-state index contributed by atoms with van der Waals surface area (Å²) in [6, 6.07) is 5.41. The maximum Gasteiger partial charge on any atom is 0.226 e. The maximum absolute atomic E-state index is 11.9. The van der Waals surface area contributed by atoms with Crippen LogP contribution < -0.4 is 16.4 Å². The van der Waals surface area contributed by atoms with Crippen LogP contribution in [-0.4, -0.2) is 38.2 Å². The molecule has 4 N–H and O–H groups in total. The summed E-state index contributed by atoms with van der Waals surface area (Å²) in [5.41, 5.74) is 7.30. The molecule has 1 aromatic carbocycles. The van der Waals surface area contributed by atoms with Crippen LogP contribution in [-0.2, 0) is 9.53 Å². The van der Waals surface area contributed by atoms with Gasteiger partial charge in [-0.15, -0.1) is 24.0 Å². The second-order valence-corrected chi connectivity index (χ2v) is 5.36. The quantitative estimate of drug-likeness (QED) is 0.225. The zero-order valence-electron chi connectivity index (χ0n) is 14.1. The van der Waals surface area contributed by atoms with Gasteiger partial charge in [0.25, 0.3) is 0 Å². The van der Waals surface area contributed by atoms with E-state index in [4.69, 9.17) is 22.1 Å². The van der Waals surface area contributed by atoms with Gasteiger partial charge in [-0.25, -0.2) is 0 Å². The largest absolute Gasteiger partial charge is 0.382 e. The molecule has 0 atom stereocenters. The van der Waals surface area contributed by atoms with E-state index in [0.29, 0.717) is 43.7 Å². The van der Waals surface area contributed by atoms with Gasteiger partial charge in [0.05, 0.1) is 0 Å². The number of benzene rings is 1. The summed E-state index contributed by atoms with van der Waals surface area (Å²) >= 11 is 6.02. The number of carbonyl (C=O) groups excluding carboxylic acids is 1. The van der Waals surface area contributed by atoms with Crippen molar-refractivity contribution in [3.63, 3.8) is 0 Å². The summed E-state index contributed by atoms with van der Waals surface area (Å²) in [5.74, 6) is 0.236. The number of nitrogens with two attached hydrogens (primary N) is 1. The van der Waals surface area contributed by atoms with Crippen molar-refractivity contribution in [3.05, 3.63) is 28.8 Å². The Hall–Kier alpha value is -1.06. The van der Waals surface area contributed by atoms with E-state index < -0.39 is 0 Å². The molecule has 136 valence electrons. The summed E-state index contributed by atoms with van der Waals surface area (Å²) in [6.45, 7) is 6.23. The summed E-state index contributed by atoms with van der Waals surface area (Å²) in [4.78, 5) is 16.1. The van der Waals surface area contributed by atoms with Gasteiger partial charge >= 0.3 is 0 Å². The Morgan fingerprint density at radius 1 is 1.42 bits per heavy atom. The zero-order valence-corrected chi connectivity index (χ0v) is 17.2. The molecular formula is C16H26ClIN4O2. The average Bonchev–Trinajstić information content (AvgIpc) is 2.51. The highest BCUT2D eigenvalue weighted by Gasteiger charge is 2.06. The molecule has 0 heterocycles. The molecule has 0 aliphatic rings. The Labute approximate surface area is 165 Å². The van der Waals surface area contributed by atoms with Crippen molar-refractivity contribution in [1.29, 1.82) is 0 Å². The van der Waals surface area contributed by atoms with E-state index in [1.54, 1.807) is 12.1 Å². The van der Waals surface area contributed by atoms with Crippen LogP contribution in [0.25, 0.3) is 0 Å². The third kappa shape index (κ3) is 9.29. The number of rotatable bonds is 9. The number of ether oxygens (including phenoxy) is 1. The van der Waals surface area contributed by atoms with E-state index in [9.17, 15) is 4.79 Å². The number of hydrogen-bond donors (Lipinski definition) is 3. The molecule has 0 aliphatic heterocycles. The Balaban J connectivity index is 0.00000529. The van der Waals surface area contributed by atoms with Crippen LogP contribution in [0.2, 0.25) is 5.02 Å². The first kappa shape index (κ1) is 22.9. The Bertz CT molecular complexity index is 541. The number of anilines is 1. The fourth-order valence-electron chi connectivity index (χ4n) is 1.83. The van der Waals surface area contributed by atoms with Crippen molar-refractivity contribution in [1.82, 2.24) is 5.32 Å². The highest BCUT2D eigenvalue weighted by molar-refractivity contribution is 14.0. The number of halogens is 2. The number of nitrogens with one attached hydrogen (secondary N) is 2. The van der Waals surface area contributed by atoms with Crippen LogP contribution >= 0.6 is 35.6 Å². The van der Waals surface area contributed by atoms with Gasteiger partial charge in [-0.3, -0.25) is 9.79 Å². The molecule has 0 unspecified atom stereocenters. The zero-order chi connectivity index (χ0) is 17.1. The van der Waals surface area contributed by atoms with E-state index in [0.717, 1.165) is 17.7 Å². The minimum atomic E-state index is -0.105. The predicted molar refractivity (Wildman–Crippen MR) is 110 cm³/mol. The Morgan fingerprint density at radius 2 is 2.17 bits per heavy atom. The molecule has 0 fully saturated rings. The van der Waals surface area contributed by atoms with Gasteiger partial charge in [-0.1, -0.05) is 17.7 Å². The average molecular weight is 469 g/mol. The second kappa shape index (κ2) is 13.3. The molecule has 0 spiro atoms. The number of aliphatic imine (C=N–C) groups is 1. The molecule has 1 rings (SSSR count). The number of nitrogens with zero attached hydrogens (tertiary/aromatic N) is 1. The lowest BCUT2D eigenvalue weighted by Gasteiger charge is -2.10.